The first-order valence-corrected chi connectivity index (χ1v) is 7.37. The summed E-state index contributed by atoms with van der Waals surface area (Å²) in [5, 5.41) is 3.10. The van der Waals surface area contributed by atoms with Crippen LogP contribution in [0, 0.1) is 5.92 Å². The van der Waals surface area contributed by atoms with Crippen molar-refractivity contribution in [2.45, 2.75) is 58.1 Å². The van der Waals surface area contributed by atoms with Gasteiger partial charge in [-0.15, -0.1) is 0 Å². The van der Waals surface area contributed by atoms with Crippen molar-refractivity contribution in [1.29, 1.82) is 0 Å². The third-order valence-electron chi connectivity index (χ3n) is 3.83. The average molecular weight is 254 g/mol. The van der Waals surface area contributed by atoms with E-state index in [9.17, 15) is 4.79 Å². The predicted octanol–water partition coefficient (Wildman–Crippen LogP) is 2.39. The van der Waals surface area contributed by atoms with Gasteiger partial charge in [-0.2, -0.15) is 0 Å². The van der Waals surface area contributed by atoms with Gasteiger partial charge < -0.3 is 15.0 Å². The molecule has 0 aromatic rings. The second-order valence-corrected chi connectivity index (χ2v) is 5.68. The van der Waals surface area contributed by atoms with Crippen LogP contribution >= 0.6 is 0 Å². The van der Waals surface area contributed by atoms with Gasteiger partial charge in [-0.05, 0) is 44.9 Å². The molecule has 2 fully saturated rings. The minimum absolute atomic E-state index is 0.0896. The summed E-state index contributed by atoms with van der Waals surface area (Å²) >= 11 is 0. The van der Waals surface area contributed by atoms with Crippen LogP contribution in [0.1, 0.15) is 46.0 Å². The van der Waals surface area contributed by atoms with E-state index in [1.54, 1.807) is 0 Å². The summed E-state index contributed by atoms with van der Waals surface area (Å²) in [5.41, 5.74) is 0. The highest BCUT2D eigenvalue weighted by atomic mass is 16.5. The minimum Gasteiger partial charge on any atom is -0.376 e. The Hall–Kier alpha value is -0.770. The molecule has 1 saturated carbocycles. The first kappa shape index (κ1) is 13.7. The monoisotopic (exact) mass is 254 g/mol. The number of nitrogens with one attached hydrogen (secondary N) is 1. The maximum Gasteiger partial charge on any atom is 0.317 e. The summed E-state index contributed by atoms with van der Waals surface area (Å²) in [6.45, 7) is 6.80. The molecule has 2 atom stereocenters. The summed E-state index contributed by atoms with van der Waals surface area (Å²) in [5.74, 6) is 0.750. The number of ether oxygens (including phenoxy) is 1. The van der Waals surface area contributed by atoms with Gasteiger partial charge in [0.15, 0.2) is 0 Å². The Bertz CT molecular complexity index is 273. The normalized spacial score (nSPS) is 24.9. The van der Waals surface area contributed by atoms with Gasteiger partial charge in [0, 0.05) is 19.7 Å². The van der Waals surface area contributed by atoms with E-state index in [4.69, 9.17) is 4.74 Å². The second-order valence-electron chi connectivity index (χ2n) is 5.68. The Morgan fingerprint density at radius 3 is 2.78 bits per heavy atom. The summed E-state index contributed by atoms with van der Waals surface area (Å²) in [6.07, 6.45) is 5.99. The lowest BCUT2D eigenvalue weighted by molar-refractivity contribution is 0.0831. The first-order valence-electron chi connectivity index (χ1n) is 7.37. The molecule has 104 valence electrons. The van der Waals surface area contributed by atoms with Gasteiger partial charge in [-0.3, -0.25) is 0 Å². The van der Waals surface area contributed by atoms with E-state index in [0.717, 1.165) is 44.9 Å². The van der Waals surface area contributed by atoms with E-state index in [0.29, 0.717) is 0 Å². The molecule has 0 aromatic carbocycles. The Morgan fingerprint density at radius 1 is 1.44 bits per heavy atom. The number of rotatable bonds is 6. The van der Waals surface area contributed by atoms with Crippen molar-refractivity contribution in [2.75, 3.05) is 19.7 Å². The quantitative estimate of drug-likeness (QED) is 0.790. The molecule has 4 nitrogen and oxygen atoms in total. The Kier molecular flexibility index (Phi) is 4.87. The fraction of sp³-hybridized carbons (Fsp3) is 0.929. The average Bonchev–Trinajstić information content (AvgIpc) is 2.99. The molecule has 18 heavy (non-hydrogen) atoms. The topological polar surface area (TPSA) is 41.6 Å². The summed E-state index contributed by atoms with van der Waals surface area (Å²) < 4.78 is 5.62. The van der Waals surface area contributed by atoms with Crippen molar-refractivity contribution in [1.82, 2.24) is 10.2 Å². The van der Waals surface area contributed by atoms with Crippen molar-refractivity contribution in [3.8, 4) is 0 Å². The molecule has 1 aliphatic carbocycles. The molecule has 1 N–H and O–H groups in total. The molecular weight excluding hydrogens is 228 g/mol. The van der Waals surface area contributed by atoms with Crippen molar-refractivity contribution in [2.24, 2.45) is 5.92 Å². The van der Waals surface area contributed by atoms with E-state index >= 15 is 0 Å². The van der Waals surface area contributed by atoms with Gasteiger partial charge in [0.2, 0.25) is 0 Å². The summed E-state index contributed by atoms with van der Waals surface area (Å²) in [7, 11) is 0. The third-order valence-corrected chi connectivity index (χ3v) is 3.83. The van der Waals surface area contributed by atoms with Crippen molar-refractivity contribution in [3.63, 3.8) is 0 Å². The summed E-state index contributed by atoms with van der Waals surface area (Å²) in [4.78, 5) is 14.2. The molecule has 1 saturated heterocycles. The Balaban J connectivity index is 1.78. The van der Waals surface area contributed by atoms with Crippen molar-refractivity contribution >= 4 is 6.03 Å². The van der Waals surface area contributed by atoms with E-state index < -0.39 is 0 Å². The van der Waals surface area contributed by atoms with Crippen LogP contribution in [0.5, 0.6) is 0 Å². The van der Waals surface area contributed by atoms with Gasteiger partial charge in [-0.1, -0.05) is 6.92 Å². The van der Waals surface area contributed by atoms with Crippen LogP contribution in [-0.2, 0) is 4.74 Å². The summed E-state index contributed by atoms with van der Waals surface area (Å²) in [6, 6.07) is 0.213. The standard InChI is InChI=1S/C14H26N2O2/c1-3-8-16(10-12-6-7-12)14(17)15-11(2)13-5-4-9-18-13/h11-13H,3-10H2,1-2H3,(H,15,17). The maximum absolute atomic E-state index is 12.2. The Labute approximate surface area is 110 Å². The molecule has 0 spiro atoms. The van der Waals surface area contributed by atoms with Gasteiger partial charge in [-0.25, -0.2) is 4.79 Å². The number of hydrogen-bond acceptors (Lipinski definition) is 2. The first-order chi connectivity index (χ1) is 8.70. The van der Waals surface area contributed by atoms with Crippen LogP contribution in [0.4, 0.5) is 4.79 Å². The van der Waals surface area contributed by atoms with Crippen molar-refractivity contribution < 1.29 is 9.53 Å². The van der Waals surface area contributed by atoms with Gasteiger partial charge in [0.1, 0.15) is 0 Å². The number of amides is 2. The van der Waals surface area contributed by atoms with Gasteiger partial charge >= 0.3 is 6.03 Å². The molecule has 0 aromatic heterocycles. The highest BCUT2D eigenvalue weighted by Crippen LogP contribution is 2.29. The number of nitrogens with zero attached hydrogens (tertiary/aromatic N) is 1. The highest BCUT2D eigenvalue weighted by Gasteiger charge is 2.29. The minimum atomic E-state index is 0.0896. The third kappa shape index (κ3) is 3.87. The van der Waals surface area contributed by atoms with E-state index in [2.05, 4.69) is 19.2 Å². The van der Waals surface area contributed by atoms with Gasteiger partial charge in [0.25, 0.3) is 0 Å². The molecule has 2 rings (SSSR count). The zero-order valence-corrected chi connectivity index (χ0v) is 11.7. The zero-order valence-electron chi connectivity index (χ0n) is 11.7. The van der Waals surface area contributed by atoms with Crippen LogP contribution in [0.2, 0.25) is 0 Å². The van der Waals surface area contributed by atoms with Gasteiger partial charge in [0.05, 0.1) is 12.1 Å². The molecule has 0 radical (unpaired) electrons. The lowest BCUT2D eigenvalue weighted by Gasteiger charge is -2.27. The van der Waals surface area contributed by atoms with E-state index in [-0.39, 0.29) is 18.2 Å². The molecule has 0 bridgehead atoms. The molecule has 1 heterocycles. The molecule has 2 unspecified atom stereocenters. The van der Waals surface area contributed by atoms with Crippen molar-refractivity contribution in [3.05, 3.63) is 0 Å². The van der Waals surface area contributed by atoms with Crippen LogP contribution in [0.15, 0.2) is 0 Å². The highest BCUT2D eigenvalue weighted by molar-refractivity contribution is 5.74. The molecule has 4 heteroatoms. The van der Waals surface area contributed by atoms with E-state index in [1.807, 2.05) is 4.90 Å². The maximum atomic E-state index is 12.2. The van der Waals surface area contributed by atoms with Crippen LogP contribution in [-0.4, -0.2) is 42.8 Å². The molecule has 1 aliphatic heterocycles. The second kappa shape index (κ2) is 6.41. The smallest absolute Gasteiger partial charge is 0.317 e. The fourth-order valence-corrected chi connectivity index (χ4v) is 2.53. The number of urea groups is 1. The molecular formula is C14H26N2O2. The van der Waals surface area contributed by atoms with Crippen LogP contribution < -0.4 is 5.32 Å². The number of hydrogen-bond donors (Lipinski definition) is 1. The fourth-order valence-electron chi connectivity index (χ4n) is 2.53. The van der Waals surface area contributed by atoms with Crippen LogP contribution in [0.25, 0.3) is 0 Å². The number of carbonyl (C=O) groups is 1. The SMILES string of the molecule is CCCN(CC1CC1)C(=O)NC(C)C1CCCO1. The van der Waals surface area contributed by atoms with Crippen LogP contribution in [0.3, 0.4) is 0 Å². The predicted molar refractivity (Wildman–Crippen MR) is 71.6 cm³/mol. The Morgan fingerprint density at radius 2 is 2.22 bits per heavy atom. The largest absolute Gasteiger partial charge is 0.376 e. The molecule has 2 aliphatic rings. The molecule has 2 amide bonds. The lowest BCUT2D eigenvalue weighted by Crippen LogP contribution is -2.48. The number of carbonyl (C=O) groups excluding carboxylic acids is 1. The van der Waals surface area contributed by atoms with E-state index in [1.165, 1.54) is 12.8 Å². The lowest BCUT2D eigenvalue weighted by atomic mass is 10.1. The zero-order chi connectivity index (χ0) is 13.0.